The van der Waals surface area contributed by atoms with Crippen LogP contribution in [0, 0.1) is 23.7 Å². The summed E-state index contributed by atoms with van der Waals surface area (Å²) >= 11 is 0. The molecule has 0 amide bonds. The van der Waals surface area contributed by atoms with Crippen molar-refractivity contribution in [3.63, 3.8) is 0 Å². The minimum atomic E-state index is -1.35. The average Bonchev–Trinajstić information content (AvgIpc) is 3.03. The third kappa shape index (κ3) is 3.70. The van der Waals surface area contributed by atoms with E-state index in [1.165, 1.54) is 0 Å². The van der Waals surface area contributed by atoms with Crippen molar-refractivity contribution in [1.82, 2.24) is 0 Å². The van der Waals surface area contributed by atoms with Crippen LogP contribution in [-0.2, 0) is 23.8 Å². The number of hydrogen-bond acceptors (Lipinski definition) is 7. The molecule has 2 bridgehead atoms. The van der Waals surface area contributed by atoms with Crippen LogP contribution in [0.2, 0.25) is 0 Å². The second-order valence-electron chi connectivity index (χ2n) is 11.1. The van der Waals surface area contributed by atoms with Gasteiger partial charge in [0.2, 0.25) is 0 Å². The number of hydrogen-bond donors (Lipinski definition) is 2. The average molecular weight is 439 g/mol. The van der Waals surface area contributed by atoms with Gasteiger partial charge in [0.1, 0.15) is 17.3 Å². The summed E-state index contributed by atoms with van der Waals surface area (Å²) in [5, 5.41) is 21.8. The Balaban J connectivity index is 1.81. The number of esters is 2. The summed E-state index contributed by atoms with van der Waals surface area (Å²) in [4.78, 5) is 25.5. The van der Waals surface area contributed by atoms with Crippen molar-refractivity contribution in [2.75, 3.05) is 0 Å². The molecule has 7 nitrogen and oxygen atoms in total. The van der Waals surface area contributed by atoms with E-state index in [9.17, 15) is 19.8 Å². The maximum Gasteiger partial charge on any atom is 0.309 e. The lowest BCUT2D eigenvalue weighted by atomic mass is 9.57. The van der Waals surface area contributed by atoms with E-state index in [1.807, 2.05) is 27.7 Å². The van der Waals surface area contributed by atoms with E-state index < -0.39 is 29.0 Å². The fraction of sp³-hybridized carbons (Fsp3) is 0.917. The monoisotopic (exact) mass is 438 g/mol. The molecule has 31 heavy (non-hydrogen) atoms. The van der Waals surface area contributed by atoms with E-state index in [1.54, 1.807) is 6.92 Å². The van der Waals surface area contributed by atoms with Crippen LogP contribution in [-0.4, -0.2) is 57.3 Å². The van der Waals surface area contributed by atoms with E-state index in [2.05, 4.69) is 0 Å². The molecule has 2 N–H and O–H groups in total. The summed E-state index contributed by atoms with van der Waals surface area (Å²) in [7, 11) is 0. The SMILES string of the molecule is CCCC(=O)O[C@]1(C)CCC2[C@@H]3C4OC(C[C@](C)(O)[C@H](O)CC[C@]4(C)OC(=O)[C@@H]2C)[C@@H]31. The first-order valence-corrected chi connectivity index (χ1v) is 11.9. The Morgan fingerprint density at radius 3 is 2.61 bits per heavy atom. The lowest BCUT2D eigenvalue weighted by molar-refractivity contribution is -0.183. The molecule has 1 aliphatic carbocycles. The molecule has 0 aromatic rings. The third-order valence-corrected chi connectivity index (χ3v) is 8.66. The van der Waals surface area contributed by atoms with Gasteiger partial charge in [0.25, 0.3) is 0 Å². The summed E-state index contributed by atoms with van der Waals surface area (Å²) in [6.45, 7) is 9.39. The second-order valence-corrected chi connectivity index (χ2v) is 11.1. The molecule has 1 saturated carbocycles. The van der Waals surface area contributed by atoms with E-state index in [0.717, 1.165) is 6.42 Å². The fourth-order valence-corrected chi connectivity index (χ4v) is 6.87. The Morgan fingerprint density at radius 2 is 1.94 bits per heavy atom. The number of aliphatic hydroxyl groups excluding tert-OH is 1. The zero-order valence-electron chi connectivity index (χ0n) is 19.4. The molecule has 0 spiro atoms. The van der Waals surface area contributed by atoms with Crippen molar-refractivity contribution in [2.24, 2.45) is 23.7 Å². The highest BCUT2D eigenvalue weighted by Gasteiger charge is 2.67. The first-order valence-electron chi connectivity index (χ1n) is 11.9. The predicted molar refractivity (Wildman–Crippen MR) is 112 cm³/mol. The van der Waals surface area contributed by atoms with Gasteiger partial charge in [0.05, 0.1) is 23.7 Å². The van der Waals surface area contributed by atoms with Crippen molar-refractivity contribution >= 4 is 11.9 Å². The van der Waals surface area contributed by atoms with Crippen molar-refractivity contribution in [1.29, 1.82) is 0 Å². The first-order chi connectivity index (χ1) is 14.4. The Kier molecular flexibility index (Phi) is 5.71. The minimum absolute atomic E-state index is 0.0179. The zero-order chi connectivity index (χ0) is 22.8. The van der Waals surface area contributed by atoms with E-state index in [0.29, 0.717) is 32.1 Å². The van der Waals surface area contributed by atoms with Gasteiger partial charge in [-0.15, -0.1) is 0 Å². The number of rotatable bonds is 3. The highest BCUT2D eigenvalue weighted by Crippen LogP contribution is 2.60. The van der Waals surface area contributed by atoms with Gasteiger partial charge in [-0.2, -0.15) is 0 Å². The van der Waals surface area contributed by atoms with Gasteiger partial charge >= 0.3 is 11.9 Å². The summed E-state index contributed by atoms with van der Waals surface area (Å²) in [6, 6.07) is 0. The predicted octanol–water partition coefficient (Wildman–Crippen LogP) is 2.75. The topological polar surface area (TPSA) is 102 Å². The molecule has 0 aromatic carbocycles. The largest absolute Gasteiger partial charge is 0.459 e. The Labute approximate surface area is 184 Å². The van der Waals surface area contributed by atoms with Crippen molar-refractivity contribution in [3.8, 4) is 0 Å². The van der Waals surface area contributed by atoms with Crippen LogP contribution in [0.25, 0.3) is 0 Å². The number of carbonyl (C=O) groups excluding carboxylic acids is 2. The number of ether oxygens (including phenoxy) is 3. The van der Waals surface area contributed by atoms with E-state index >= 15 is 0 Å². The smallest absolute Gasteiger partial charge is 0.309 e. The summed E-state index contributed by atoms with van der Waals surface area (Å²) in [5.74, 6) is -0.849. The van der Waals surface area contributed by atoms with E-state index in [4.69, 9.17) is 14.2 Å². The van der Waals surface area contributed by atoms with Crippen LogP contribution < -0.4 is 0 Å². The van der Waals surface area contributed by atoms with Gasteiger partial charge in [-0.25, -0.2) is 0 Å². The molecule has 176 valence electrons. The van der Waals surface area contributed by atoms with Gasteiger partial charge < -0.3 is 24.4 Å². The summed E-state index contributed by atoms with van der Waals surface area (Å²) < 4.78 is 18.8. The molecule has 4 rings (SSSR count). The molecular formula is C24H38O7. The Bertz CT molecular complexity index is 735. The highest BCUT2D eigenvalue weighted by molar-refractivity contribution is 5.73. The van der Waals surface area contributed by atoms with Crippen LogP contribution in [0.15, 0.2) is 0 Å². The van der Waals surface area contributed by atoms with Crippen LogP contribution in [0.1, 0.15) is 79.6 Å². The van der Waals surface area contributed by atoms with Gasteiger partial charge in [-0.05, 0) is 58.8 Å². The molecule has 0 aromatic heterocycles. The van der Waals surface area contributed by atoms with Gasteiger partial charge in [-0.3, -0.25) is 9.59 Å². The highest BCUT2D eigenvalue weighted by atomic mass is 16.6. The third-order valence-electron chi connectivity index (χ3n) is 8.66. The normalized spacial score (nSPS) is 51.7. The number of fused-ring (bicyclic) bond motifs is 2. The van der Waals surface area contributed by atoms with Crippen LogP contribution in [0.3, 0.4) is 0 Å². The summed E-state index contributed by atoms with van der Waals surface area (Å²) in [5.41, 5.74) is -2.99. The Morgan fingerprint density at radius 1 is 1.23 bits per heavy atom. The van der Waals surface area contributed by atoms with Crippen molar-refractivity contribution in [3.05, 3.63) is 0 Å². The lowest BCUT2D eigenvalue weighted by Gasteiger charge is -2.49. The molecule has 3 unspecified atom stereocenters. The van der Waals surface area contributed by atoms with Crippen LogP contribution in [0.4, 0.5) is 0 Å². The maximum atomic E-state index is 13.0. The molecule has 10 atom stereocenters. The van der Waals surface area contributed by atoms with Crippen LogP contribution >= 0.6 is 0 Å². The Hall–Kier alpha value is -1.18. The molecule has 3 saturated heterocycles. The quantitative estimate of drug-likeness (QED) is 0.653. The first kappa shape index (κ1) is 23.0. The zero-order valence-corrected chi connectivity index (χ0v) is 19.4. The minimum Gasteiger partial charge on any atom is -0.459 e. The van der Waals surface area contributed by atoms with Crippen LogP contribution in [0.5, 0.6) is 0 Å². The van der Waals surface area contributed by atoms with Gasteiger partial charge in [-0.1, -0.05) is 13.8 Å². The van der Waals surface area contributed by atoms with Gasteiger partial charge in [0, 0.05) is 24.7 Å². The second kappa shape index (κ2) is 7.70. The molecular weight excluding hydrogens is 400 g/mol. The standard InChI is InChI=1S/C24H38O7/c1-6-7-17(26)30-23(4)10-8-14-13(2)21(27)31-24(5)11-9-16(25)22(3,28)12-15-19(23)18(14)20(24)29-15/h13-16,18-20,25,28H,6-12H2,1-5H3/t13-,14?,15?,16-,18+,19+,20?,22+,23-,24+/m1/s1. The van der Waals surface area contributed by atoms with Crippen molar-refractivity contribution in [2.45, 2.75) is 115 Å². The fourth-order valence-electron chi connectivity index (χ4n) is 6.87. The summed E-state index contributed by atoms with van der Waals surface area (Å²) in [6.07, 6.45) is 1.73. The number of aliphatic hydroxyl groups is 2. The molecule has 4 fully saturated rings. The lowest BCUT2D eigenvalue weighted by Crippen LogP contribution is -2.56. The molecule has 3 heterocycles. The number of carbonyl (C=O) groups is 2. The molecule has 3 aliphatic heterocycles. The van der Waals surface area contributed by atoms with E-state index in [-0.39, 0.29) is 48.1 Å². The molecule has 0 radical (unpaired) electrons. The van der Waals surface area contributed by atoms with Crippen molar-refractivity contribution < 1.29 is 34.0 Å². The molecule has 4 aliphatic rings. The molecule has 7 heteroatoms. The van der Waals surface area contributed by atoms with Gasteiger partial charge in [0.15, 0.2) is 0 Å². The maximum absolute atomic E-state index is 13.0.